The molecule has 0 radical (unpaired) electrons. The number of nitrogens with two attached hydrogens (primary N) is 1. The summed E-state index contributed by atoms with van der Waals surface area (Å²) >= 11 is 5.95. The van der Waals surface area contributed by atoms with Crippen molar-refractivity contribution in [1.82, 2.24) is 0 Å². The van der Waals surface area contributed by atoms with Gasteiger partial charge in [0.1, 0.15) is 16.5 Å². The van der Waals surface area contributed by atoms with E-state index in [1.807, 2.05) is 0 Å². The molecule has 72 valence electrons. The summed E-state index contributed by atoms with van der Waals surface area (Å²) in [5.74, 6) is 1.17. The van der Waals surface area contributed by atoms with Crippen LogP contribution in [-0.2, 0) is 6.54 Å². The molecule has 0 aliphatic carbocycles. The van der Waals surface area contributed by atoms with Crippen molar-refractivity contribution >= 4 is 11.6 Å². The lowest BCUT2D eigenvalue weighted by Crippen LogP contribution is -1.98. The summed E-state index contributed by atoms with van der Waals surface area (Å²) < 4.78 is 10.1. The van der Waals surface area contributed by atoms with Crippen molar-refractivity contribution in [2.75, 3.05) is 14.2 Å². The van der Waals surface area contributed by atoms with Crippen molar-refractivity contribution in [3.8, 4) is 11.5 Å². The average Bonchev–Trinajstić information content (AvgIpc) is 2.18. The lowest BCUT2D eigenvalue weighted by atomic mass is 10.2. The Morgan fingerprint density at radius 3 is 2.00 bits per heavy atom. The van der Waals surface area contributed by atoms with E-state index in [1.54, 1.807) is 26.4 Å². The van der Waals surface area contributed by atoms with E-state index in [2.05, 4.69) is 0 Å². The molecule has 0 saturated carbocycles. The molecular formula is C9H12ClNO2. The topological polar surface area (TPSA) is 44.5 Å². The molecule has 0 amide bonds. The molecule has 0 unspecified atom stereocenters. The molecule has 0 aliphatic rings. The minimum absolute atomic E-state index is 0.434. The molecular weight excluding hydrogens is 190 g/mol. The van der Waals surface area contributed by atoms with Gasteiger partial charge in [-0.05, 0) is 17.7 Å². The Kier molecular flexibility index (Phi) is 3.39. The summed E-state index contributed by atoms with van der Waals surface area (Å²) in [6, 6.07) is 3.59. The van der Waals surface area contributed by atoms with Crippen molar-refractivity contribution in [3.63, 3.8) is 0 Å². The summed E-state index contributed by atoms with van der Waals surface area (Å²) in [7, 11) is 3.11. The molecule has 0 bridgehead atoms. The van der Waals surface area contributed by atoms with Crippen LogP contribution in [0.2, 0.25) is 5.02 Å². The van der Waals surface area contributed by atoms with Gasteiger partial charge in [-0.2, -0.15) is 0 Å². The molecule has 0 saturated heterocycles. The first-order valence-corrected chi connectivity index (χ1v) is 4.21. The van der Waals surface area contributed by atoms with E-state index < -0.39 is 0 Å². The van der Waals surface area contributed by atoms with Crippen LogP contribution in [0.4, 0.5) is 0 Å². The summed E-state index contributed by atoms with van der Waals surface area (Å²) in [6.45, 7) is 0.434. The third-order valence-corrected chi connectivity index (χ3v) is 2.11. The Bertz CT molecular complexity index is 277. The Hall–Kier alpha value is -0.930. The maximum atomic E-state index is 5.95. The predicted octanol–water partition coefficient (Wildman–Crippen LogP) is 1.82. The molecule has 1 aromatic rings. The molecule has 0 spiro atoms. The van der Waals surface area contributed by atoms with E-state index in [1.165, 1.54) is 0 Å². The molecule has 1 aromatic carbocycles. The Morgan fingerprint density at radius 2 is 1.69 bits per heavy atom. The molecule has 0 aromatic heterocycles. The van der Waals surface area contributed by atoms with E-state index in [-0.39, 0.29) is 0 Å². The van der Waals surface area contributed by atoms with Crippen LogP contribution < -0.4 is 15.2 Å². The van der Waals surface area contributed by atoms with Gasteiger partial charge in [-0.3, -0.25) is 0 Å². The van der Waals surface area contributed by atoms with Crippen LogP contribution in [0.25, 0.3) is 0 Å². The highest BCUT2D eigenvalue weighted by Crippen LogP contribution is 2.34. The second-order valence-corrected chi connectivity index (χ2v) is 2.90. The largest absolute Gasteiger partial charge is 0.495 e. The molecule has 4 heteroatoms. The van der Waals surface area contributed by atoms with Gasteiger partial charge in [0.05, 0.1) is 14.2 Å². The first kappa shape index (κ1) is 10.2. The van der Waals surface area contributed by atoms with Gasteiger partial charge in [-0.25, -0.2) is 0 Å². The summed E-state index contributed by atoms with van der Waals surface area (Å²) in [5, 5.41) is 0.474. The molecule has 13 heavy (non-hydrogen) atoms. The van der Waals surface area contributed by atoms with Crippen LogP contribution in [0.5, 0.6) is 11.5 Å². The number of benzene rings is 1. The van der Waals surface area contributed by atoms with Crippen LogP contribution in [-0.4, -0.2) is 14.2 Å². The predicted molar refractivity (Wildman–Crippen MR) is 52.4 cm³/mol. The highest BCUT2D eigenvalue weighted by molar-refractivity contribution is 6.33. The summed E-state index contributed by atoms with van der Waals surface area (Å²) in [4.78, 5) is 0. The Morgan fingerprint density at radius 1 is 1.23 bits per heavy atom. The summed E-state index contributed by atoms with van der Waals surface area (Å²) in [5.41, 5.74) is 6.42. The third-order valence-electron chi connectivity index (χ3n) is 1.74. The molecule has 0 fully saturated rings. The molecule has 3 nitrogen and oxygen atoms in total. The zero-order valence-corrected chi connectivity index (χ0v) is 8.39. The van der Waals surface area contributed by atoms with E-state index in [4.69, 9.17) is 26.8 Å². The normalized spacial score (nSPS) is 9.85. The number of hydrogen-bond acceptors (Lipinski definition) is 3. The first-order valence-electron chi connectivity index (χ1n) is 3.83. The van der Waals surface area contributed by atoms with Gasteiger partial charge in [-0.15, -0.1) is 0 Å². The number of hydrogen-bond donors (Lipinski definition) is 1. The van der Waals surface area contributed by atoms with Gasteiger partial charge in [-0.1, -0.05) is 11.6 Å². The monoisotopic (exact) mass is 201 g/mol. The van der Waals surface area contributed by atoms with Gasteiger partial charge in [0.2, 0.25) is 0 Å². The maximum absolute atomic E-state index is 5.95. The van der Waals surface area contributed by atoms with Crippen LogP contribution in [0.15, 0.2) is 12.1 Å². The average molecular weight is 202 g/mol. The van der Waals surface area contributed by atoms with Crippen LogP contribution >= 0.6 is 11.6 Å². The van der Waals surface area contributed by atoms with Crippen molar-refractivity contribution < 1.29 is 9.47 Å². The minimum Gasteiger partial charge on any atom is -0.495 e. The van der Waals surface area contributed by atoms with E-state index in [9.17, 15) is 0 Å². The lowest BCUT2D eigenvalue weighted by Gasteiger charge is -2.09. The number of rotatable bonds is 3. The highest BCUT2D eigenvalue weighted by atomic mass is 35.5. The highest BCUT2D eigenvalue weighted by Gasteiger charge is 2.08. The second kappa shape index (κ2) is 4.35. The maximum Gasteiger partial charge on any atom is 0.141 e. The van der Waals surface area contributed by atoms with E-state index in [0.29, 0.717) is 23.1 Å². The molecule has 0 atom stereocenters. The molecule has 0 heterocycles. The fourth-order valence-corrected chi connectivity index (χ4v) is 1.30. The Balaban J connectivity index is 3.20. The van der Waals surface area contributed by atoms with Crippen LogP contribution in [0.3, 0.4) is 0 Å². The van der Waals surface area contributed by atoms with Crippen LogP contribution in [0.1, 0.15) is 5.56 Å². The number of halogens is 1. The fourth-order valence-electron chi connectivity index (χ4n) is 1.04. The lowest BCUT2D eigenvalue weighted by molar-refractivity contribution is 0.394. The zero-order valence-electron chi connectivity index (χ0n) is 7.63. The van der Waals surface area contributed by atoms with Gasteiger partial charge in [0.25, 0.3) is 0 Å². The van der Waals surface area contributed by atoms with Crippen molar-refractivity contribution in [2.45, 2.75) is 6.54 Å². The first-order chi connectivity index (χ1) is 6.22. The molecule has 1 rings (SSSR count). The van der Waals surface area contributed by atoms with E-state index >= 15 is 0 Å². The standard InChI is InChI=1S/C9H12ClNO2/c1-12-7-3-6(5-11)4-8(13-2)9(7)10/h3-4H,5,11H2,1-2H3. The van der Waals surface area contributed by atoms with Gasteiger partial charge in [0.15, 0.2) is 0 Å². The number of methoxy groups -OCH3 is 2. The quantitative estimate of drug-likeness (QED) is 0.812. The van der Waals surface area contributed by atoms with Crippen molar-refractivity contribution in [1.29, 1.82) is 0 Å². The second-order valence-electron chi connectivity index (χ2n) is 2.52. The van der Waals surface area contributed by atoms with Crippen molar-refractivity contribution in [2.24, 2.45) is 5.73 Å². The molecule has 0 aliphatic heterocycles. The fraction of sp³-hybridized carbons (Fsp3) is 0.333. The summed E-state index contributed by atoms with van der Waals surface area (Å²) in [6.07, 6.45) is 0. The van der Waals surface area contributed by atoms with E-state index in [0.717, 1.165) is 5.56 Å². The molecule has 2 N–H and O–H groups in total. The third kappa shape index (κ3) is 2.05. The minimum atomic E-state index is 0.434. The van der Waals surface area contributed by atoms with Gasteiger partial charge >= 0.3 is 0 Å². The van der Waals surface area contributed by atoms with Crippen LogP contribution in [0, 0.1) is 0 Å². The van der Waals surface area contributed by atoms with Gasteiger partial charge < -0.3 is 15.2 Å². The number of ether oxygens (including phenoxy) is 2. The Labute approximate surface area is 82.4 Å². The van der Waals surface area contributed by atoms with Gasteiger partial charge in [0, 0.05) is 6.54 Å². The van der Waals surface area contributed by atoms with Crippen molar-refractivity contribution in [3.05, 3.63) is 22.7 Å². The SMILES string of the molecule is COc1cc(CN)cc(OC)c1Cl. The smallest absolute Gasteiger partial charge is 0.141 e. The zero-order chi connectivity index (χ0) is 9.84.